The number of esters is 1. The molecule has 13 heavy (non-hydrogen) atoms. The van der Waals surface area contributed by atoms with Gasteiger partial charge >= 0.3 is 11.9 Å². The zero-order valence-corrected chi connectivity index (χ0v) is 7.45. The van der Waals surface area contributed by atoms with Crippen LogP contribution in [-0.2, 0) is 14.3 Å². The summed E-state index contributed by atoms with van der Waals surface area (Å²) in [6.45, 7) is 3.54. The van der Waals surface area contributed by atoms with Crippen molar-refractivity contribution in [3.05, 3.63) is 12.7 Å². The number of aliphatic carboxylic acids is 1. The smallest absolute Gasteiger partial charge is 0.313 e. The van der Waals surface area contributed by atoms with E-state index in [1.54, 1.807) is 6.08 Å². The van der Waals surface area contributed by atoms with Gasteiger partial charge in [0, 0.05) is 0 Å². The Morgan fingerprint density at radius 1 is 1.77 bits per heavy atom. The Balaban J connectivity index is 2.74. The van der Waals surface area contributed by atoms with Crippen LogP contribution in [0.3, 0.4) is 0 Å². The Morgan fingerprint density at radius 2 is 2.38 bits per heavy atom. The third kappa shape index (κ3) is 1.56. The summed E-state index contributed by atoms with van der Waals surface area (Å²) in [5.74, 6) is -1.47. The molecule has 0 aromatic rings. The van der Waals surface area contributed by atoms with Crippen LogP contribution < -0.4 is 0 Å². The van der Waals surface area contributed by atoms with E-state index in [9.17, 15) is 9.59 Å². The van der Waals surface area contributed by atoms with Gasteiger partial charge in [-0.1, -0.05) is 6.08 Å². The molecule has 1 aliphatic carbocycles. The largest absolute Gasteiger partial charge is 0.481 e. The summed E-state index contributed by atoms with van der Waals surface area (Å²) in [4.78, 5) is 21.8. The summed E-state index contributed by atoms with van der Waals surface area (Å²) >= 11 is 0. The van der Waals surface area contributed by atoms with Gasteiger partial charge in [0.1, 0.15) is 0 Å². The van der Waals surface area contributed by atoms with Crippen molar-refractivity contribution in [1.82, 2.24) is 0 Å². The number of methoxy groups -OCH3 is 1. The number of allylic oxidation sites excluding steroid dienone is 1. The predicted octanol–water partition coefficient (Wildman–Crippen LogP) is 0.826. The highest BCUT2D eigenvalue weighted by molar-refractivity contribution is 5.86. The maximum atomic E-state index is 11.3. The van der Waals surface area contributed by atoms with Crippen LogP contribution >= 0.6 is 0 Å². The fourth-order valence-corrected chi connectivity index (χ4v) is 1.63. The lowest BCUT2D eigenvalue weighted by atomic mass is 9.99. The molecule has 2 atom stereocenters. The molecule has 1 N–H and O–H groups in total. The molecule has 1 aliphatic rings. The van der Waals surface area contributed by atoms with Crippen molar-refractivity contribution in [2.24, 2.45) is 11.3 Å². The van der Waals surface area contributed by atoms with Crippen molar-refractivity contribution in [1.29, 1.82) is 0 Å². The average Bonchev–Trinajstić information content (AvgIpc) is 2.77. The molecule has 0 aromatic heterocycles. The Bertz CT molecular complexity index is 258. The molecule has 0 saturated heterocycles. The molecule has 0 aliphatic heterocycles. The summed E-state index contributed by atoms with van der Waals surface area (Å²) in [5.41, 5.74) is -0.831. The Hall–Kier alpha value is -1.32. The minimum atomic E-state index is -0.977. The van der Waals surface area contributed by atoms with E-state index in [0.29, 0.717) is 6.42 Å². The number of rotatable bonds is 4. The van der Waals surface area contributed by atoms with Crippen LogP contribution in [0.25, 0.3) is 0 Å². The summed E-state index contributed by atoms with van der Waals surface area (Å²) in [6, 6.07) is 0. The number of ether oxygens (including phenoxy) is 1. The summed E-state index contributed by atoms with van der Waals surface area (Å²) in [6.07, 6.45) is 1.98. The van der Waals surface area contributed by atoms with Gasteiger partial charge in [0.2, 0.25) is 0 Å². The Labute approximate surface area is 76.2 Å². The number of carbonyl (C=O) groups excluding carboxylic acids is 1. The normalized spacial score (nSPS) is 30.7. The van der Waals surface area contributed by atoms with Gasteiger partial charge in [-0.3, -0.25) is 9.59 Å². The SMILES string of the molecule is C=CC1CC1(CC(=O)O)C(=O)OC. The molecule has 1 rings (SSSR count). The summed E-state index contributed by atoms with van der Waals surface area (Å²) in [7, 11) is 1.27. The van der Waals surface area contributed by atoms with Crippen LogP contribution in [0.5, 0.6) is 0 Å². The van der Waals surface area contributed by atoms with Crippen molar-refractivity contribution in [2.45, 2.75) is 12.8 Å². The lowest BCUT2D eigenvalue weighted by molar-refractivity contribution is -0.152. The van der Waals surface area contributed by atoms with E-state index in [1.807, 2.05) is 0 Å². The molecule has 2 unspecified atom stereocenters. The van der Waals surface area contributed by atoms with Crippen molar-refractivity contribution in [2.75, 3.05) is 7.11 Å². The molecule has 4 nitrogen and oxygen atoms in total. The van der Waals surface area contributed by atoms with Crippen LogP contribution in [0.2, 0.25) is 0 Å². The highest BCUT2D eigenvalue weighted by atomic mass is 16.5. The van der Waals surface area contributed by atoms with Crippen LogP contribution in [0.4, 0.5) is 0 Å². The molecule has 1 fully saturated rings. The second-order valence-corrected chi connectivity index (χ2v) is 3.26. The molecule has 0 bridgehead atoms. The van der Waals surface area contributed by atoms with Crippen LogP contribution in [0, 0.1) is 11.3 Å². The van der Waals surface area contributed by atoms with Gasteiger partial charge in [0.05, 0.1) is 18.9 Å². The molecule has 0 amide bonds. The molecule has 4 heteroatoms. The molecule has 0 spiro atoms. The maximum Gasteiger partial charge on any atom is 0.313 e. The zero-order valence-electron chi connectivity index (χ0n) is 7.45. The quantitative estimate of drug-likeness (QED) is 0.519. The van der Waals surface area contributed by atoms with Gasteiger partial charge in [0.25, 0.3) is 0 Å². The molecule has 0 radical (unpaired) electrons. The lowest BCUT2D eigenvalue weighted by Crippen LogP contribution is -2.23. The van der Waals surface area contributed by atoms with E-state index in [2.05, 4.69) is 11.3 Å². The van der Waals surface area contributed by atoms with Gasteiger partial charge in [-0.05, 0) is 12.3 Å². The highest BCUT2D eigenvalue weighted by Gasteiger charge is 2.60. The first-order valence-electron chi connectivity index (χ1n) is 3.99. The second-order valence-electron chi connectivity index (χ2n) is 3.26. The number of carbonyl (C=O) groups is 2. The topological polar surface area (TPSA) is 63.6 Å². The monoisotopic (exact) mass is 184 g/mol. The first kappa shape index (κ1) is 9.77. The average molecular weight is 184 g/mol. The van der Waals surface area contributed by atoms with Gasteiger partial charge in [0.15, 0.2) is 0 Å². The fraction of sp³-hybridized carbons (Fsp3) is 0.556. The fourth-order valence-electron chi connectivity index (χ4n) is 1.63. The summed E-state index contributed by atoms with van der Waals surface area (Å²) < 4.78 is 4.56. The van der Waals surface area contributed by atoms with Crippen LogP contribution in [0.15, 0.2) is 12.7 Å². The van der Waals surface area contributed by atoms with Crippen LogP contribution in [-0.4, -0.2) is 24.2 Å². The van der Waals surface area contributed by atoms with Crippen LogP contribution in [0.1, 0.15) is 12.8 Å². The molecule has 0 aromatic carbocycles. The second kappa shape index (κ2) is 3.20. The highest BCUT2D eigenvalue weighted by Crippen LogP contribution is 2.56. The first-order chi connectivity index (χ1) is 6.06. The summed E-state index contributed by atoms with van der Waals surface area (Å²) in [5, 5.41) is 8.60. The molecular weight excluding hydrogens is 172 g/mol. The Morgan fingerprint density at radius 3 is 2.69 bits per heavy atom. The van der Waals surface area contributed by atoms with Gasteiger partial charge in [-0.25, -0.2) is 0 Å². The van der Waals surface area contributed by atoms with Gasteiger partial charge < -0.3 is 9.84 Å². The van der Waals surface area contributed by atoms with Crippen molar-refractivity contribution < 1.29 is 19.4 Å². The maximum absolute atomic E-state index is 11.3. The van der Waals surface area contributed by atoms with E-state index >= 15 is 0 Å². The third-order valence-electron chi connectivity index (χ3n) is 2.48. The first-order valence-corrected chi connectivity index (χ1v) is 3.99. The van der Waals surface area contributed by atoms with Crippen molar-refractivity contribution in [3.8, 4) is 0 Å². The van der Waals surface area contributed by atoms with Gasteiger partial charge in [-0.15, -0.1) is 6.58 Å². The van der Waals surface area contributed by atoms with E-state index < -0.39 is 17.4 Å². The number of hydrogen-bond acceptors (Lipinski definition) is 3. The van der Waals surface area contributed by atoms with Crippen molar-refractivity contribution >= 4 is 11.9 Å². The van der Waals surface area contributed by atoms with Gasteiger partial charge in [-0.2, -0.15) is 0 Å². The minimum Gasteiger partial charge on any atom is -0.481 e. The minimum absolute atomic E-state index is 0.0453. The van der Waals surface area contributed by atoms with E-state index in [4.69, 9.17) is 5.11 Å². The lowest BCUT2D eigenvalue weighted by Gasteiger charge is -2.10. The molecule has 1 saturated carbocycles. The zero-order chi connectivity index (χ0) is 10.1. The molecule has 0 heterocycles. The third-order valence-corrected chi connectivity index (χ3v) is 2.48. The van der Waals surface area contributed by atoms with E-state index in [1.165, 1.54) is 7.11 Å². The van der Waals surface area contributed by atoms with Crippen molar-refractivity contribution in [3.63, 3.8) is 0 Å². The standard InChI is InChI=1S/C9H12O4/c1-3-6-4-9(6,5-7(10)11)8(12)13-2/h3,6H,1,4-5H2,2H3,(H,10,11). The molecular formula is C9H12O4. The van der Waals surface area contributed by atoms with E-state index in [0.717, 1.165) is 0 Å². The Kier molecular flexibility index (Phi) is 2.40. The predicted molar refractivity (Wildman–Crippen MR) is 45.0 cm³/mol. The molecule has 72 valence electrons. The number of carboxylic acids is 1. The van der Waals surface area contributed by atoms with E-state index in [-0.39, 0.29) is 12.3 Å². The number of hydrogen-bond donors (Lipinski definition) is 1. The number of carboxylic acid groups (broad SMARTS) is 1.